The minimum absolute atomic E-state index is 0.0592. The second-order valence-electron chi connectivity index (χ2n) is 9.70. The number of hydrogen-bond donors (Lipinski definition) is 1. The van der Waals surface area contributed by atoms with Crippen LogP contribution in [0.4, 0.5) is 10.1 Å². The predicted octanol–water partition coefficient (Wildman–Crippen LogP) is 4.51. The molecule has 0 spiro atoms. The van der Waals surface area contributed by atoms with Crippen LogP contribution in [0.3, 0.4) is 0 Å². The van der Waals surface area contributed by atoms with Crippen LogP contribution in [0.5, 0.6) is 5.75 Å². The van der Waals surface area contributed by atoms with Crippen molar-refractivity contribution in [2.24, 2.45) is 0 Å². The Morgan fingerprint density at radius 3 is 2.71 bits per heavy atom. The zero-order valence-electron chi connectivity index (χ0n) is 23.3. The molecule has 3 aromatic rings. The maximum absolute atomic E-state index is 14.1. The fourth-order valence-electron chi connectivity index (χ4n) is 4.55. The highest BCUT2D eigenvalue weighted by Gasteiger charge is 2.33. The number of hydrogen-bond acceptors (Lipinski definition) is 8. The fraction of sp³-hybridized carbons (Fsp3) is 0.345. The largest absolute Gasteiger partial charge is 0.378 e. The smallest absolute Gasteiger partial charge is 0.339 e. The van der Waals surface area contributed by atoms with Crippen molar-refractivity contribution in [3.8, 4) is 5.75 Å². The lowest BCUT2D eigenvalue weighted by Gasteiger charge is -2.23. The number of halogens is 2. The summed E-state index contributed by atoms with van der Waals surface area (Å²) < 4.78 is 52.9. The lowest BCUT2D eigenvalue weighted by Crippen LogP contribution is -2.36. The first kappa shape index (κ1) is 31.4. The Labute approximate surface area is 252 Å². The first-order valence-corrected chi connectivity index (χ1v) is 15.7. The van der Waals surface area contributed by atoms with Gasteiger partial charge in [0.2, 0.25) is 5.75 Å². The van der Waals surface area contributed by atoms with Gasteiger partial charge >= 0.3 is 10.1 Å². The molecule has 0 radical (unpaired) electrons. The third kappa shape index (κ3) is 6.90. The Morgan fingerprint density at radius 2 is 2.02 bits per heavy atom. The third-order valence-electron chi connectivity index (χ3n) is 6.80. The van der Waals surface area contributed by atoms with E-state index >= 15 is 0 Å². The number of carbonyl (C=O) groups excluding carboxylic acids is 1. The number of nitrogens with zero attached hydrogens (tertiary/aromatic N) is 3. The number of ether oxygens (including phenoxy) is 1. The second kappa shape index (κ2) is 13.6. The van der Waals surface area contributed by atoms with Gasteiger partial charge < -0.3 is 19.1 Å². The first-order chi connectivity index (χ1) is 20.1. The van der Waals surface area contributed by atoms with Gasteiger partial charge in [-0.15, -0.1) is 6.58 Å². The molecular weight excluding hydrogens is 631 g/mol. The van der Waals surface area contributed by atoms with Crippen molar-refractivity contribution >= 4 is 37.6 Å². The minimum Gasteiger partial charge on any atom is -0.378 e. The van der Waals surface area contributed by atoms with Crippen LogP contribution in [-0.2, 0) is 21.4 Å². The van der Waals surface area contributed by atoms with E-state index < -0.39 is 49.7 Å². The van der Waals surface area contributed by atoms with Crippen molar-refractivity contribution in [3.63, 3.8) is 0 Å². The monoisotopic (exact) mass is 662 g/mol. The van der Waals surface area contributed by atoms with Crippen molar-refractivity contribution in [2.45, 2.75) is 42.1 Å². The molecule has 0 fully saturated rings. The summed E-state index contributed by atoms with van der Waals surface area (Å²) in [5.41, 5.74) is -0.160. The van der Waals surface area contributed by atoms with Crippen LogP contribution in [-0.4, -0.2) is 50.7 Å². The maximum Gasteiger partial charge on any atom is 0.339 e. The number of aromatic nitrogens is 2. The van der Waals surface area contributed by atoms with Crippen molar-refractivity contribution in [3.05, 3.63) is 94.4 Å². The summed E-state index contributed by atoms with van der Waals surface area (Å²) in [5.74, 6) is -1.78. The summed E-state index contributed by atoms with van der Waals surface area (Å²) in [4.78, 5) is 33.1. The molecule has 2 aromatic carbocycles. The van der Waals surface area contributed by atoms with Gasteiger partial charge in [-0.25, -0.2) is 9.37 Å². The Hall–Kier alpha value is -3.55. The quantitative estimate of drug-likeness (QED) is 0.181. The van der Waals surface area contributed by atoms with Gasteiger partial charge in [-0.3, -0.25) is 14.2 Å². The van der Waals surface area contributed by atoms with Gasteiger partial charge in [0.15, 0.2) is 5.69 Å². The molecule has 4 rings (SSSR count). The Morgan fingerprint density at radius 1 is 1.29 bits per heavy atom. The molecule has 13 heteroatoms. The average molecular weight is 664 g/mol. The molecule has 1 aliphatic heterocycles. The number of fused-ring (bicyclic) bond motifs is 1. The standard InChI is InChI=1S/C29H32BrFN4O6S/c1-4-6-14-34(3)24-15-20(31)13-12-19(24)16-32-28(36)25-26(41-42(38,39)22-10-8-7-9-11-22)29(37)35-21(5-2)17-40-18-23(30)27(35)33-25/h4,7-13,15,21,23H,1,5-6,14,16-18H2,2-3H3,(H,32,36). The summed E-state index contributed by atoms with van der Waals surface area (Å²) in [7, 11) is -2.70. The molecule has 2 atom stereocenters. The zero-order valence-corrected chi connectivity index (χ0v) is 25.7. The van der Waals surface area contributed by atoms with E-state index in [0.29, 0.717) is 30.6 Å². The van der Waals surface area contributed by atoms with E-state index in [1.54, 1.807) is 25.3 Å². The summed E-state index contributed by atoms with van der Waals surface area (Å²) >= 11 is 3.48. The Kier molecular flexibility index (Phi) is 10.2. The summed E-state index contributed by atoms with van der Waals surface area (Å²) in [6, 6.07) is 11.0. The predicted molar refractivity (Wildman–Crippen MR) is 160 cm³/mol. The van der Waals surface area contributed by atoms with Crippen LogP contribution in [0.2, 0.25) is 0 Å². The number of nitrogens with one attached hydrogen (secondary N) is 1. The maximum atomic E-state index is 14.1. The van der Waals surface area contributed by atoms with E-state index in [-0.39, 0.29) is 30.5 Å². The molecule has 0 saturated heterocycles. The van der Waals surface area contributed by atoms with Gasteiger partial charge in [0, 0.05) is 25.8 Å². The molecule has 0 saturated carbocycles. The average Bonchev–Trinajstić information content (AvgIpc) is 3.14. The highest BCUT2D eigenvalue weighted by Crippen LogP contribution is 2.31. The zero-order chi connectivity index (χ0) is 30.4. The summed E-state index contributed by atoms with van der Waals surface area (Å²) in [6.07, 6.45) is 2.89. The van der Waals surface area contributed by atoms with E-state index in [1.165, 1.54) is 41.0 Å². The van der Waals surface area contributed by atoms with E-state index in [1.807, 2.05) is 11.8 Å². The molecule has 0 aliphatic carbocycles. The van der Waals surface area contributed by atoms with Gasteiger partial charge in [0.05, 0.1) is 24.1 Å². The Balaban J connectivity index is 1.77. The molecule has 1 aromatic heterocycles. The van der Waals surface area contributed by atoms with Crippen LogP contribution in [0.1, 0.15) is 52.5 Å². The molecule has 1 amide bonds. The van der Waals surface area contributed by atoms with Crippen molar-refractivity contribution in [1.29, 1.82) is 0 Å². The summed E-state index contributed by atoms with van der Waals surface area (Å²) in [5, 5.41) is 2.70. The topological polar surface area (TPSA) is 120 Å². The van der Waals surface area contributed by atoms with Crippen LogP contribution < -0.4 is 20.0 Å². The van der Waals surface area contributed by atoms with E-state index in [0.717, 1.165) is 0 Å². The van der Waals surface area contributed by atoms with Crippen molar-refractivity contribution in [2.75, 3.05) is 31.7 Å². The number of amides is 1. The molecule has 1 aliphatic rings. The molecule has 224 valence electrons. The number of anilines is 1. The number of rotatable bonds is 11. The first-order valence-electron chi connectivity index (χ1n) is 13.3. The highest BCUT2D eigenvalue weighted by molar-refractivity contribution is 9.09. The fourth-order valence-corrected chi connectivity index (χ4v) is 6.01. The molecule has 10 nitrogen and oxygen atoms in total. The SMILES string of the molecule is C=CCCN(C)c1cc(F)ccc1CNC(=O)c1nc2n(c(=O)c1OS(=O)(=O)c1ccccc1)C(CC)COCC2Br. The van der Waals surface area contributed by atoms with Crippen LogP contribution in [0, 0.1) is 5.82 Å². The second-order valence-corrected chi connectivity index (χ2v) is 12.3. The third-order valence-corrected chi connectivity index (χ3v) is 8.71. The van der Waals surface area contributed by atoms with Gasteiger partial charge in [-0.05, 0) is 42.7 Å². The number of carbonyl (C=O) groups is 1. The molecular formula is C29H32BrFN4O6S. The lowest BCUT2D eigenvalue weighted by atomic mass is 10.1. The van der Waals surface area contributed by atoms with Gasteiger partial charge in [0.1, 0.15) is 16.5 Å². The normalized spacial score (nSPS) is 16.7. The van der Waals surface area contributed by atoms with E-state index in [2.05, 4.69) is 32.8 Å². The van der Waals surface area contributed by atoms with Crippen molar-refractivity contribution < 1.29 is 26.5 Å². The minimum atomic E-state index is -4.50. The van der Waals surface area contributed by atoms with Crippen molar-refractivity contribution in [1.82, 2.24) is 14.9 Å². The van der Waals surface area contributed by atoms with Crippen LogP contribution in [0.15, 0.2) is 70.9 Å². The van der Waals surface area contributed by atoms with E-state index in [9.17, 15) is 22.4 Å². The van der Waals surface area contributed by atoms with Gasteiger partial charge in [0.25, 0.3) is 11.5 Å². The lowest BCUT2D eigenvalue weighted by molar-refractivity contribution is 0.0943. The van der Waals surface area contributed by atoms with Gasteiger partial charge in [-0.1, -0.05) is 53.2 Å². The molecule has 0 bridgehead atoms. The number of alkyl halides is 1. The molecule has 2 unspecified atom stereocenters. The Bertz CT molecular complexity index is 1620. The number of benzene rings is 2. The van der Waals surface area contributed by atoms with Gasteiger partial charge in [-0.2, -0.15) is 8.42 Å². The molecule has 42 heavy (non-hydrogen) atoms. The molecule has 2 heterocycles. The van der Waals surface area contributed by atoms with Crippen LogP contribution in [0.25, 0.3) is 0 Å². The summed E-state index contributed by atoms with van der Waals surface area (Å²) in [6.45, 7) is 6.45. The van der Waals surface area contributed by atoms with Crippen LogP contribution >= 0.6 is 15.9 Å². The highest BCUT2D eigenvalue weighted by atomic mass is 79.9. The molecule has 1 N–H and O–H groups in total. The van der Waals surface area contributed by atoms with E-state index in [4.69, 9.17) is 8.92 Å².